The average Bonchev–Trinajstić information content (AvgIpc) is 2.44. The lowest BCUT2D eigenvalue weighted by Gasteiger charge is -2.10. The van der Waals surface area contributed by atoms with Crippen LogP contribution in [0.3, 0.4) is 0 Å². The molecule has 19 heavy (non-hydrogen) atoms. The van der Waals surface area contributed by atoms with Gasteiger partial charge in [0.1, 0.15) is 5.75 Å². The highest BCUT2D eigenvalue weighted by molar-refractivity contribution is 6.05. The average molecular weight is 257 g/mol. The third kappa shape index (κ3) is 3.11. The van der Waals surface area contributed by atoms with E-state index in [1.165, 1.54) is 0 Å². The van der Waals surface area contributed by atoms with Gasteiger partial charge < -0.3 is 15.5 Å². The predicted octanol–water partition coefficient (Wildman–Crippen LogP) is 2.18. The van der Waals surface area contributed by atoms with Crippen molar-refractivity contribution in [2.45, 2.75) is 6.42 Å². The molecule has 4 heteroatoms. The number of anilines is 1. The molecule has 0 fully saturated rings. The van der Waals surface area contributed by atoms with Crippen molar-refractivity contribution in [3.05, 3.63) is 59.7 Å². The molecule has 0 saturated heterocycles. The highest BCUT2D eigenvalue weighted by atomic mass is 16.3. The van der Waals surface area contributed by atoms with E-state index in [1.807, 2.05) is 6.07 Å². The fourth-order valence-corrected chi connectivity index (χ4v) is 1.80. The molecule has 1 amide bonds. The Kier molecular flexibility index (Phi) is 4.15. The molecule has 0 heterocycles. The van der Waals surface area contributed by atoms with Gasteiger partial charge in [-0.1, -0.05) is 30.3 Å². The smallest absolute Gasteiger partial charge is 0.255 e. The number of carbonyl (C=O) groups excluding carboxylic acids is 1. The van der Waals surface area contributed by atoms with Gasteiger partial charge in [-0.25, -0.2) is 0 Å². The standard InChI is InChI=1S/C15H15NO3/c17-10-9-11-7-4-8-13(14(11)18)16-15(19)12-5-2-1-3-6-12/h1-8,17-18H,9-10H2,(H,16,19). The Bertz CT molecular complexity index is 567. The minimum absolute atomic E-state index is 0.000770. The highest BCUT2D eigenvalue weighted by Crippen LogP contribution is 2.28. The van der Waals surface area contributed by atoms with Gasteiger partial charge in [0.25, 0.3) is 5.91 Å². The molecule has 0 spiro atoms. The number of aliphatic hydroxyl groups is 1. The minimum Gasteiger partial charge on any atom is -0.505 e. The normalized spacial score (nSPS) is 10.2. The molecule has 4 nitrogen and oxygen atoms in total. The van der Waals surface area contributed by atoms with Gasteiger partial charge in [0.05, 0.1) is 5.69 Å². The summed E-state index contributed by atoms with van der Waals surface area (Å²) in [6.07, 6.45) is 0.348. The topological polar surface area (TPSA) is 69.6 Å². The summed E-state index contributed by atoms with van der Waals surface area (Å²) in [6, 6.07) is 13.8. The van der Waals surface area contributed by atoms with Crippen LogP contribution in [0.4, 0.5) is 5.69 Å². The molecular weight excluding hydrogens is 242 g/mol. The molecule has 0 bridgehead atoms. The fourth-order valence-electron chi connectivity index (χ4n) is 1.80. The van der Waals surface area contributed by atoms with Crippen LogP contribution in [0.25, 0.3) is 0 Å². The summed E-state index contributed by atoms with van der Waals surface area (Å²) in [5.41, 5.74) is 1.47. The van der Waals surface area contributed by atoms with Crippen molar-refractivity contribution in [1.29, 1.82) is 0 Å². The van der Waals surface area contributed by atoms with E-state index in [0.717, 1.165) is 0 Å². The summed E-state index contributed by atoms with van der Waals surface area (Å²) in [6.45, 7) is -0.0519. The van der Waals surface area contributed by atoms with Gasteiger partial charge >= 0.3 is 0 Å². The van der Waals surface area contributed by atoms with Gasteiger partial charge in [0.15, 0.2) is 0 Å². The SMILES string of the molecule is O=C(Nc1cccc(CCO)c1O)c1ccccc1. The molecule has 0 radical (unpaired) electrons. The van der Waals surface area contributed by atoms with Crippen LogP contribution in [0.15, 0.2) is 48.5 Å². The lowest BCUT2D eigenvalue weighted by molar-refractivity contribution is 0.102. The Morgan fingerprint density at radius 2 is 1.79 bits per heavy atom. The number of benzene rings is 2. The van der Waals surface area contributed by atoms with Crippen molar-refractivity contribution in [2.24, 2.45) is 0 Å². The lowest BCUT2D eigenvalue weighted by Crippen LogP contribution is -2.12. The molecular formula is C15H15NO3. The van der Waals surface area contributed by atoms with E-state index in [9.17, 15) is 9.90 Å². The zero-order chi connectivity index (χ0) is 13.7. The Hall–Kier alpha value is -2.33. The second kappa shape index (κ2) is 6.02. The number of rotatable bonds is 4. The predicted molar refractivity (Wildman–Crippen MR) is 73.3 cm³/mol. The van der Waals surface area contributed by atoms with E-state index in [1.54, 1.807) is 42.5 Å². The van der Waals surface area contributed by atoms with Gasteiger partial charge in [0.2, 0.25) is 0 Å². The molecule has 0 aliphatic rings. The third-order valence-corrected chi connectivity index (χ3v) is 2.78. The number of carbonyl (C=O) groups is 1. The molecule has 2 rings (SSSR count). The molecule has 0 atom stereocenters. The maximum Gasteiger partial charge on any atom is 0.255 e. The van der Waals surface area contributed by atoms with Crippen LogP contribution >= 0.6 is 0 Å². The van der Waals surface area contributed by atoms with E-state index in [0.29, 0.717) is 23.2 Å². The van der Waals surface area contributed by atoms with Crippen molar-refractivity contribution in [3.63, 3.8) is 0 Å². The number of nitrogens with one attached hydrogen (secondary N) is 1. The third-order valence-electron chi connectivity index (χ3n) is 2.78. The van der Waals surface area contributed by atoms with Gasteiger partial charge in [-0.2, -0.15) is 0 Å². The summed E-state index contributed by atoms with van der Waals surface area (Å²) < 4.78 is 0. The summed E-state index contributed by atoms with van der Waals surface area (Å²) in [7, 11) is 0. The molecule has 0 saturated carbocycles. The second-order valence-corrected chi connectivity index (χ2v) is 4.11. The Balaban J connectivity index is 2.20. The Morgan fingerprint density at radius 3 is 2.47 bits per heavy atom. The molecule has 3 N–H and O–H groups in total. The van der Waals surface area contributed by atoms with Gasteiger partial charge in [-0.3, -0.25) is 4.79 Å². The van der Waals surface area contributed by atoms with E-state index in [4.69, 9.17) is 5.11 Å². The number of amides is 1. The molecule has 0 unspecified atom stereocenters. The summed E-state index contributed by atoms with van der Waals surface area (Å²) >= 11 is 0. The number of phenolic OH excluding ortho intramolecular Hbond substituents is 1. The number of phenols is 1. The number of para-hydroxylation sites is 1. The van der Waals surface area contributed by atoms with E-state index < -0.39 is 0 Å². The zero-order valence-electron chi connectivity index (χ0n) is 10.3. The van der Waals surface area contributed by atoms with Crippen LogP contribution in [0.2, 0.25) is 0 Å². The van der Waals surface area contributed by atoms with Crippen LogP contribution in [0.5, 0.6) is 5.75 Å². The first-order chi connectivity index (χ1) is 9.22. The van der Waals surface area contributed by atoms with Crippen molar-refractivity contribution >= 4 is 11.6 Å². The van der Waals surface area contributed by atoms with E-state index in [-0.39, 0.29) is 18.3 Å². The van der Waals surface area contributed by atoms with Crippen molar-refractivity contribution < 1.29 is 15.0 Å². The highest BCUT2D eigenvalue weighted by Gasteiger charge is 2.10. The first-order valence-electron chi connectivity index (χ1n) is 6.00. The molecule has 0 aromatic heterocycles. The molecule has 2 aromatic rings. The lowest BCUT2D eigenvalue weighted by atomic mass is 10.1. The summed E-state index contributed by atoms with van der Waals surface area (Å²) in [5, 5.41) is 21.5. The largest absolute Gasteiger partial charge is 0.505 e. The number of hydrogen-bond donors (Lipinski definition) is 3. The van der Waals surface area contributed by atoms with Crippen molar-refractivity contribution in [1.82, 2.24) is 0 Å². The number of hydrogen-bond acceptors (Lipinski definition) is 3. The summed E-state index contributed by atoms with van der Waals surface area (Å²) in [5.74, 6) is -0.280. The first kappa shape index (κ1) is 13.1. The van der Waals surface area contributed by atoms with Crippen LogP contribution in [-0.2, 0) is 6.42 Å². The van der Waals surface area contributed by atoms with Crippen LogP contribution < -0.4 is 5.32 Å². The van der Waals surface area contributed by atoms with Gasteiger partial charge in [0, 0.05) is 12.2 Å². The Labute approximate surface area is 111 Å². The molecule has 0 aliphatic heterocycles. The van der Waals surface area contributed by atoms with Crippen molar-refractivity contribution in [3.8, 4) is 5.75 Å². The zero-order valence-corrected chi connectivity index (χ0v) is 10.3. The fraction of sp³-hybridized carbons (Fsp3) is 0.133. The maximum atomic E-state index is 12.0. The second-order valence-electron chi connectivity index (χ2n) is 4.11. The van der Waals surface area contributed by atoms with E-state index >= 15 is 0 Å². The summed E-state index contributed by atoms with van der Waals surface area (Å²) in [4.78, 5) is 12.0. The quantitative estimate of drug-likeness (QED) is 0.735. The van der Waals surface area contributed by atoms with Crippen LogP contribution in [0, 0.1) is 0 Å². The number of aromatic hydroxyl groups is 1. The van der Waals surface area contributed by atoms with Gasteiger partial charge in [-0.05, 0) is 30.2 Å². The molecule has 0 aliphatic carbocycles. The van der Waals surface area contributed by atoms with Gasteiger partial charge in [-0.15, -0.1) is 0 Å². The molecule has 98 valence electrons. The van der Waals surface area contributed by atoms with Crippen molar-refractivity contribution in [2.75, 3.05) is 11.9 Å². The monoisotopic (exact) mass is 257 g/mol. The minimum atomic E-state index is -0.281. The number of aliphatic hydroxyl groups excluding tert-OH is 1. The first-order valence-corrected chi connectivity index (χ1v) is 6.00. The van der Waals surface area contributed by atoms with Crippen LogP contribution in [-0.4, -0.2) is 22.7 Å². The van der Waals surface area contributed by atoms with E-state index in [2.05, 4.69) is 5.32 Å². The molecule has 2 aromatic carbocycles. The Morgan fingerprint density at radius 1 is 1.05 bits per heavy atom. The maximum absolute atomic E-state index is 12.0. The van der Waals surface area contributed by atoms with Crippen LogP contribution in [0.1, 0.15) is 15.9 Å².